The highest BCUT2D eigenvalue weighted by Gasteiger charge is 2.26. The van der Waals surface area contributed by atoms with E-state index in [9.17, 15) is 9.59 Å². The van der Waals surface area contributed by atoms with Crippen molar-refractivity contribution < 1.29 is 14.3 Å². The van der Waals surface area contributed by atoms with Gasteiger partial charge in [0.25, 0.3) is 0 Å². The highest BCUT2D eigenvalue weighted by atomic mass is 16.5. The number of methoxy groups -OCH3 is 1. The Hall–Kier alpha value is -1.10. The number of piperidine rings is 1. The van der Waals surface area contributed by atoms with Gasteiger partial charge in [-0.1, -0.05) is 0 Å². The van der Waals surface area contributed by atoms with Crippen LogP contribution in [-0.2, 0) is 14.3 Å². The van der Waals surface area contributed by atoms with Crippen molar-refractivity contribution in [2.24, 2.45) is 11.7 Å². The van der Waals surface area contributed by atoms with Gasteiger partial charge in [-0.05, 0) is 12.8 Å². The van der Waals surface area contributed by atoms with Crippen LogP contribution in [0.15, 0.2) is 0 Å². The van der Waals surface area contributed by atoms with Gasteiger partial charge in [0, 0.05) is 20.2 Å². The quantitative estimate of drug-likeness (QED) is 0.658. The van der Waals surface area contributed by atoms with Crippen molar-refractivity contribution in [2.75, 3.05) is 26.8 Å². The summed E-state index contributed by atoms with van der Waals surface area (Å²) >= 11 is 0. The molecule has 0 saturated carbocycles. The summed E-state index contributed by atoms with van der Waals surface area (Å²) in [5.74, 6) is -0.581. The van der Waals surface area contributed by atoms with E-state index in [1.54, 1.807) is 4.90 Å². The van der Waals surface area contributed by atoms with Gasteiger partial charge in [-0.25, -0.2) is 0 Å². The highest BCUT2D eigenvalue weighted by molar-refractivity contribution is 5.80. The highest BCUT2D eigenvalue weighted by Crippen LogP contribution is 2.15. The molecule has 2 amide bonds. The fourth-order valence-corrected chi connectivity index (χ4v) is 1.65. The molecule has 1 unspecified atom stereocenters. The number of rotatable bonds is 3. The van der Waals surface area contributed by atoms with Crippen molar-refractivity contribution in [3.05, 3.63) is 0 Å². The molecule has 0 bridgehead atoms. The molecule has 1 atom stereocenters. The zero-order valence-electron chi connectivity index (χ0n) is 8.36. The molecule has 1 saturated heterocycles. The van der Waals surface area contributed by atoms with Crippen LogP contribution in [0.25, 0.3) is 0 Å². The summed E-state index contributed by atoms with van der Waals surface area (Å²) in [5.41, 5.74) is 5.20. The molecule has 0 aromatic carbocycles. The van der Waals surface area contributed by atoms with Crippen LogP contribution in [0.5, 0.6) is 0 Å². The maximum atomic E-state index is 11.4. The molecule has 14 heavy (non-hydrogen) atoms. The van der Waals surface area contributed by atoms with E-state index in [-0.39, 0.29) is 24.3 Å². The average molecular weight is 200 g/mol. The number of hydrogen-bond acceptors (Lipinski definition) is 3. The molecule has 5 nitrogen and oxygen atoms in total. The summed E-state index contributed by atoms with van der Waals surface area (Å²) in [6.07, 6.45) is 1.62. The van der Waals surface area contributed by atoms with Gasteiger partial charge in [-0.3, -0.25) is 9.59 Å². The molecule has 1 aliphatic heterocycles. The van der Waals surface area contributed by atoms with Crippen molar-refractivity contribution in [1.82, 2.24) is 4.90 Å². The predicted octanol–water partition coefficient (Wildman–Crippen LogP) is -0.643. The first-order chi connectivity index (χ1) is 6.65. The third kappa shape index (κ3) is 2.70. The standard InChI is InChI=1S/C9H16N2O3/c1-14-6-8(12)11-4-2-3-7(5-11)9(10)13/h7H,2-6H2,1H3,(H2,10,13). The van der Waals surface area contributed by atoms with Gasteiger partial charge >= 0.3 is 0 Å². The van der Waals surface area contributed by atoms with Crippen molar-refractivity contribution in [3.63, 3.8) is 0 Å². The van der Waals surface area contributed by atoms with Crippen LogP contribution in [-0.4, -0.2) is 43.5 Å². The summed E-state index contributed by atoms with van der Waals surface area (Å²) < 4.78 is 4.75. The normalized spacial score (nSPS) is 22.1. The van der Waals surface area contributed by atoms with Gasteiger partial charge in [-0.2, -0.15) is 0 Å². The maximum absolute atomic E-state index is 11.4. The summed E-state index contributed by atoms with van der Waals surface area (Å²) in [7, 11) is 1.48. The smallest absolute Gasteiger partial charge is 0.248 e. The lowest BCUT2D eigenvalue weighted by atomic mass is 9.97. The van der Waals surface area contributed by atoms with E-state index in [2.05, 4.69) is 0 Å². The second-order valence-electron chi connectivity index (χ2n) is 3.51. The molecule has 0 aromatic heterocycles. The minimum absolute atomic E-state index is 0.0709. The van der Waals surface area contributed by atoms with Crippen LogP contribution in [0.3, 0.4) is 0 Å². The Kier molecular flexibility index (Phi) is 3.88. The Labute approximate surface area is 83.2 Å². The molecule has 2 N–H and O–H groups in total. The molecule has 1 aliphatic rings. The molecule has 0 radical (unpaired) electrons. The van der Waals surface area contributed by atoms with Crippen molar-refractivity contribution >= 4 is 11.8 Å². The lowest BCUT2D eigenvalue weighted by molar-refractivity contribution is -0.138. The Morgan fingerprint density at radius 2 is 2.29 bits per heavy atom. The maximum Gasteiger partial charge on any atom is 0.248 e. The van der Waals surface area contributed by atoms with Crippen LogP contribution >= 0.6 is 0 Å². The van der Waals surface area contributed by atoms with Gasteiger partial charge in [0.15, 0.2) is 0 Å². The van der Waals surface area contributed by atoms with Gasteiger partial charge < -0.3 is 15.4 Å². The van der Waals surface area contributed by atoms with Crippen LogP contribution in [0, 0.1) is 5.92 Å². The Bertz CT molecular complexity index is 230. The third-order valence-corrected chi connectivity index (χ3v) is 2.44. The lowest BCUT2D eigenvalue weighted by Crippen LogP contribution is -2.45. The number of nitrogens with two attached hydrogens (primary N) is 1. The third-order valence-electron chi connectivity index (χ3n) is 2.44. The fraction of sp³-hybridized carbons (Fsp3) is 0.778. The summed E-state index contributed by atoms with van der Waals surface area (Å²) in [6, 6.07) is 0. The molecular weight excluding hydrogens is 184 g/mol. The van der Waals surface area contributed by atoms with E-state index < -0.39 is 0 Å². The van der Waals surface area contributed by atoms with Crippen molar-refractivity contribution in [1.29, 1.82) is 0 Å². The molecule has 5 heteroatoms. The topological polar surface area (TPSA) is 72.6 Å². The number of hydrogen-bond donors (Lipinski definition) is 1. The first-order valence-corrected chi connectivity index (χ1v) is 4.71. The molecule has 0 aromatic rings. The van der Waals surface area contributed by atoms with Gasteiger partial charge in [0.2, 0.25) is 11.8 Å². The molecule has 80 valence electrons. The zero-order valence-corrected chi connectivity index (χ0v) is 8.36. The predicted molar refractivity (Wildman–Crippen MR) is 50.4 cm³/mol. The van der Waals surface area contributed by atoms with Crippen LogP contribution in [0.4, 0.5) is 0 Å². The number of likely N-dealkylation sites (tertiary alicyclic amines) is 1. The number of carbonyl (C=O) groups is 2. The second kappa shape index (κ2) is 4.95. The van der Waals surface area contributed by atoms with Gasteiger partial charge in [0.05, 0.1) is 5.92 Å². The molecule has 1 fully saturated rings. The zero-order chi connectivity index (χ0) is 10.6. The number of ether oxygens (including phenoxy) is 1. The van der Waals surface area contributed by atoms with Gasteiger partial charge in [0.1, 0.15) is 6.61 Å². The minimum atomic E-state index is -0.320. The van der Waals surface area contributed by atoms with Gasteiger partial charge in [-0.15, -0.1) is 0 Å². The molecule has 0 spiro atoms. The molecule has 1 rings (SSSR count). The minimum Gasteiger partial charge on any atom is -0.375 e. The molecule has 0 aliphatic carbocycles. The summed E-state index contributed by atoms with van der Waals surface area (Å²) in [6.45, 7) is 1.22. The lowest BCUT2D eigenvalue weighted by Gasteiger charge is -2.30. The molecular formula is C9H16N2O3. The summed E-state index contributed by atoms with van der Waals surface area (Å²) in [4.78, 5) is 24.0. The first kappa shape index (κ1) is 11.0. The van der Waals surface area contributed by atoms with E-state index in [0.29, 0.717) is 13.1 Å². The van der Waals surface area contributed by atoms with Crippen molar-refractivity contribution in [2.45, 2.75) is 12.8 Å². The summed E-state index contributed by atoms with van der Waals surface area (Å²) in [5, 5.41) is 0. The van der Waals surface area contributed by atoms with Crippen LogP contribution in [0.2, 0.25) is 0 Å². The van der Waals surface area contributed by atoms with E-state index in [1.165, 1.54) is 7.11 Å². The number of carbonyl (C=O) groups excluding carboxylic acids is 2. The number of amides is 2. The SMILES string of the molecule is COCC(=O)N1CCCC(C(N)=O)C1. The van der Waals surface area contributed by atoms with Crippen LogP contribution < -0.4 is 5.73 Å². The average Bonchev–Trinajstić information content (AvgIpc) is 2.18. The second-order valence-corrected chi connectivity index (χ2v) is 3.51. The van der Waals surface area contributed by atoms with E-state index in [0.717, 1.165) is 12.8 Å². The Morgan fingerprint density at radius 1 is 1.57 bits per heavy atom. The van der Waals surface area contributed by atoms with Crippen molar-refractivity contribution in [3.8, 4) is 0 Å². The first-order valence-electron chi connectivity index (χ1n) is 4.71. The number of nitrogens with zero attached hydrogens (tertiary/aromatic N) is 1. The largest absolute Gasteiger partial charge is 0.375 e. The Morgan fingerprint density at radius 3 is 2.86 bits per heavy atom. The van der Waals surface area contributed by atoms with E-state index in [4.69, 9.17) is 10.5 Å². The molecule has 1 heterocycles. The van der Waals surface area contributed by atoms with E-state index >= 15 is 0 Å². The Balaban J connectivity index is 2.47. The number of primary amides is 1. The fourth-order valence-electron chi connectivity index (χ4n) is 1.65. The van der Waals surface area contributed by atoms with Crippen LogP contribution in [0.1, 0.15) is 12.8 Å². The van der Waals surface area contributed by atoms with E-state index in [1.807, 2.05) is 0 Å². The monoisotopic (exact) mass is 200 g/mol.